The van der Waals surface area contributed by atoms with E-state index in [1.54, 1.807) is 13.3 Å². The highest BCUT2D eigenvalue weighted by atomic mass is 79.9. The molecule has 1 aliphatic heterocycles. The Morgan fingerprint density at radius 3 is 3.00 bits per heavy atom. The largest absolute Gasteiger partial charge is 0.270 e. The molecule has 0 aromatic carbocycles. The smallest absolute Gasteiger partial charge is 0.153 e. The Balaban J connectivity index is 2.87. The molecule has 0 aromatic rings. The summed E-state index contributed by atoms with van der Waals surface area (Å²) in [5.74, 6) is 0.816. The molecule has 0 atom stereocenters. The molecule has 1 rings (SSSR count). The van der Waals surface area contributed by atoms with Gasteiger partial charge in [-0.2, -0.15) is 0 Å². The van der Waals surface area contributed by atoms with Gasteiger partial charge < -0.3 is 0 Å². The third-order valence-electron chi connectivity index (χ3n) is 1.73. The monoisotopic (exact) mass is 240 g/mol. The van der Waals surface area contributed by atoms with Crippen molar-refractivity contribution in [1.82, 2.24) is 0 Å². The van der Waals surface area contributed by atoms with Crippen molar-refractivity contribution in [1.29, 1.82) is 0 Å². The second-order valence-corrected chi connectivity index (χ2v) is 3.70. The fraction of sp³-hybridized carbons (Fsp3) is 0.400. The molecule has 0 unspecified atom stereocenters. The fourth-order valence-corrected chi connectivity index (χ4v) is 1.43. The van der Waals surface area contributed by atoms with Crippen LogP contribution >= 0.6 is 15.9 Å². The first-order valence-corrected chi connectivity index (χ1v) is 5.15. The number of hydrogen-bond donors (Lipinski definition) is 0. The van der Waals surface area contributed by atoms with Gasteiger partial charge in [0.25, 0.3) is 0 Å². The van der Waals surface area contributed by atoms with Gasteiger partial charge in [0.05, 0.1) is 0 Å². The second-order valence-electron chi connectivity index (χ2n) is 2.78. The lowest BCUT2D eigenvalue weighted by Crippen LogP contribution is -2.03. The van der Waals surface area contributed by atoms with Gasteiger partial charge in [-0.15, -0.1) is 0 Å². The molecule has 0 aromatic heterocycles. The van der Waals surface area contributed by atoms with Crippen LogP contribution in [-0.4, -0.2) is 19.1 Å². The van der Waals surface area contributed by atoms with Crippen LogP contribution in [0.15, 0.2) is 32.2 Å². The zero-order chi connectivity index (χ0) is 9.68. The molecule has 0 aliphatic carbocycles. The highest BCUT2D eigenvalue weighted by Crippen LogP contribution is 2.15. The Morgan fingerprint density at radius 1 is 1.62 bits per heavy atom. The predicted octanol–water partition coefficient (Wildman–Crippen LogP) is 3.10. The number of aliphatic imine (C=N–C) groups is 2. The summed E-state index contributed by atoms with van der Waals surface area (Å²) in [5, 5.41) is 0. The Bertz CT molecular complexity index is 298. The van der Waals surface area contributed by atoms with Crippen LogP contribution in [0.1, 0.15) is 19.8 Å². The average Bonchev–Trinajstić information content (AvgIpc) is 2.15. The van der Waals surface area contributed by atoms with Crippen molar-refractivity contribution in [2.24, 2.45) is 9.98 Å². The van der Waals surface area contributed by atoms with Gasteiger partial charge in [0.2, 0.25) is 0 Å². The quantitative estimate of drug-likeness (QED) is 0.709. The molecule has 0 fully saturated rings. The highest BCUT2D eigenvalue weighted by Gasteiger charge is 2.06. The van der Waals surface area contributed by atoms with Gasteiger partial charge in [-0.3, -0.25) is 4.99 Å². The van der Waals surface area contributed by atoms with E-state index in [-0.39, 0.29) is 0 Å². The molecule has 2 nitrogen and oxygen atoms in total. The van der Waals surface area contributed by atoms with E-state index in [0.717, 1.165) is 28.7 Å². The molecule has 1 heterocycles. The van der Waals surface area contributed by atoms with Crippen molar-refractivity contribution < 1.29 is 0 Å². The van der Waals surface area contributed by atoms with E-state index in [0.29, 0.717) is 0 Å². The van der Waals surface area contributed by atoms with E-state index < -0.39 is 0 Å². The topological polar surface area (TPSA) is 24.7 Å². The molecule has 3 heteroatoms. The van der Waals surface area contributed by atoms with Gasteiger partial charge in [0.1, 0.15) is 0 Å². The third kappa shape index (κ3) is 2.92. The minimum absolute atomic E-state index is 0.816. The lowest BCUT2D eigenvalue weighted by atomic mass is 10.1. The van der Waals surface area contributed by atoms with E-state index in [2.05, 4.69) is 38.9 Å². The summed E-state index contributed by atoms with van der Waals surface area (Å²) >= 11 is 3.39. The lowest BCUT2D eigenvalue weighted by Gasteiger charge is -2.06. The van der Waals surface area contributed by atoms with Crippen molar-refractivity contribution in [2.75, 3.05) is 7.05 Å². The summed E-state index contributed by atoms with van der Waals surface area (Å²) in [5.41, 5.74) is 1.11. The molecule has 0 spiro atoms. The van der Waals surface area contributed by atoms with Gasteiger partial charge in [-0.25, -0.2) is 4.99 Å². The Labute approximate surface area is 87.3 Å². The SMILES string of the molecule is CCC/C=C1/C=C(Br)C=NC1=NC. The summed E-state index contributed by atoms with van der Waals surface area (Å²) in [7, 11) is 1.76. The Morgan fingerprint density at radius 2 is 2.38 bits per heavy atom. The summed E-state index contributed by atoms with van der Waals surface area (Å²) in [4.78, 5) is 8.31. The van der Waals surface area contributed by atoms with E-state index in [4.69, 9.17) is 0 Å². The first-order valence-electron chi connectivity index (χ1n) is 4.36. The maximum absolute atomic E-state index is 4.20. The summed E-state index contributed by atoms with van der Waals surface area (Å²) in [6.45, 7) is 2.16. The number of unbranched alkanes of at least 4 members (excludes halogenated alkanes) is 1. The van der Waals surface area contributed by atoms with Crippen LogP contribution in [0.3, 0.4) is 0 Å². The van der Waals surface area contributed by atoms with Crippen LogP contribution in [0.5, 0.6) is 0 Å². The van der Waals surface area contributed by atoms with E-state index in [1.807, 2.05) is 6.08 Å². The molecule has 0 radical (unpaired) electrons. The number of halogens is 1. The number of dihydropyridines is 1. The van der Waals surface area contributed by atoms with Crippen molar-refractivity contribution in [3.63, 3.8) is 0 Å². The van der Waals surface area contributed by atoms with Gasteiger partial charge in [-0.05, 0) is 28.4 Å². The van der Waals surface area contributed by atoms with Crippen LogP contribution < -0.4 is 0 Å². The van der Waals surface area contributed by atoms with E-state index in [1.165, 1.54) is 0 Å². The van der Waals surface area contributed by atoms with Gasteiger partial charge in [0.15, 0.2) is 5.84 Å². The molecule has 0 saturated heterocycles. The minimum Gasteiger partial charge on any atom is -0.270 e. The maximum Gasteiger partial charge on any atom is 0.153 e. The van der Waals surface area contributed by atoms with E-state index >= 15 is 0 Å². The Hall–Kier alpha value is -0.700. The maximum atomic E-state index is 4.20. The van der Waals surface area contributed by atoms with Crippen molar-refractivity contribution in [2.45, 2.75) is 19.8 Å². The number of hydrogen-bond acceptors (Lipinski definition) is 1. The number of allylic oxidation sites excluding steroid dienone is 2. The van der Waals surface area contributed by atoms with Crippen LogP contribution in [0.25, 0.3) is 0 Å². The minimum atomic E-state index is 0.816. The van der Waals surface area contributed by atoms with Crippen LogP contribution in [-0.2, 0) is 0 Å². The molecule has 70 valence electrons. The molecule has 1 aliphatic rings. The van der Waals surface area contributed by atoms with E-state index in [9.17, 15) is 0 Å². The van der Waals surface area contributed by atoms with Crippen LogP contribution in [0.2, 0.25) is 0 Å². The molecule has 0 amide bonds. The molecular weight excluding hydrogens is 228 g/mol. The predicted molar refractivity (Wildman–Crippen MR) is 61.9 cm³/mol. The highest BCUT2D eigenvalue weighted by molar-refractivity contribution is 9.12. The van der Waals surface area contributed by atoms with Crippen LogP contribution in [0.4, 0.5) is 0 Å². The Kier molecular flexibility index (Phi) is 4.09. The fourth-order valence-electron chi connectivity index (χ4n) is 1.08. The zero-order valence-corrected chi connectivity index (χ0v) is 9.50. The number of nitrogens with zero attached hydrogens (tertiary/aromatic N) is 2. The number of amidine groups is 1. The number of rotatable bonds is 2. The van der Waals surface area contributed by atoms with Crippen molar-refractivity contribution in [3.05, 3.63) is 22.2 Å². The third-order valence-corrected chi connectivity index (χ3v) is 2.16. The molecular formula is C10H13BrN2. The first-order chi connectivity index (χ1) is 6.27. The molecule has 0 bridgehead atoms. The lowest BCUT2D eigenvalue weighted by molar-refractivity contribution is 0.955. The summed E-state index contributed by atoms with van der Waals surface area (Å²) < 4.78 is 1.00. The van der Waals surface area contributed by atoms with Gasteiger partial charge in [0, 0.05) is 23.3 Å². The summed E-state index contributed by atoms with van der Waals surface area (Å²) in [6, 6.07) is 0. The molecule has 0 saturated carbocycles. The van der Waals surface area contributed by atoms with Crippen molar-refractivity contribution >= 4 is 28.0 Å². The van der Waals surface area contributed by atoms with Crippen molar-refractivity contribution in [3.8, 4) is 0 Å². The standard InChI is InChI=1S/C10H13BrN2/c1-3-4-5-8-6-9(11)7-13-10(8)12-2/h5-7H,3-4H2,1-2H3/b8-5-,12-10?. The second kappa shape index (κ2) is 5.12. The zero-order valence-electron chi connectivity index (χ0n) is 7.92. The average molecular weight is 241 g/mol. The normalized spacial score (nSPS) is 22.5. The van der Waals surface area contributed by atoms with Gasteiger partial charge in [-0.1, -0.05) is 19.4 Å². The molecule has 0 N–H and O–H groups in total. The van der Waals surface area contributed by atoms with Gasteiger partial charge >= 0.3 is 0 Å². The summed E-state index contributed by atoms with van der Waals surface area (Å²) in [6.07, 6.45) is 8.20. The first kappa shape index (κ1) is 10.4. The van der Waals surface area contributed by atoms with Crippen LogP contribution in [0, 0.1) is 0 Å². The molecule has 13 heavy (non-hydrogen) atoms.